The first-order valence-electron chi connectivity index (χ1n) is 7.62. The molecule has 0 aliphatic rings. The van der Waals surface area contributed by atoms with Crippen LogP contribution in [0, 0.1) is 5.92 Å². The highest BCUT2D eigenvalue weighted by Crippen LogP contribution is 2.02. The summed E-state index contributed by atoms with van der Waals surface area (Å²) in [5.74, 6) is 1.56. The third kappa shape index (κ3) is 18.0. The molecule has 8 heteroatoms. The molecule has 0 spiro atoms. The lowest BCUT2D eigenvalue weighted by Crippen LogP contribution is -2.39. The lowest BCUT2D eigenvalue weighted by molar-refractivity contribution is 0.154. The Balaban J connectivity index is 0. The zero-order chi connectivity index (χ0) is 16.1. The molecule has 0 amide bonds. The van der Waals surface area contributed by atoms with Crippen LogP contribution in [0.5, 0.6) is 0 Å². The Morgan fingerprint density at radius 3 is 2.45 bits per heavy atom. The molecule has 0 aliphatic carbocycles. The van der Waals surface area contributed by atoms with E-state index >= 15 is 0 Å². The molecule has 0 atom stereocenters. The van der Waals surface area contributed by atoms with Gasteiger partial charge in [-0.05, 0) is 25.7 Å². The lowest BCUT2D eigenvalue weighted by atomic mass is 10.1. The van der Waals surface area contributed by atoms with Crippen LogP contribution in [0.2, 0.25) is 0 Å². The molecule has 0 unspecified atom stereocenters. The number of rotatable bonds is 11. The molecule has 0 aromatic rings. The van der Waals surface area contributed by atoms with E-state index in [9.17, 15) is 8.42 Å². The average Bonchev–Trinajstić information content (AvgIpc) is 2.36. The molecular weight excluding hydrogens is 417 g/mol. The minimum Gasteiger partial charge on any atom is -0.379 e. The van der Waals surface area contributed by atoms with Gasteiger partial charge in [0.25, 0.3) is 0 Å². The first-order chi connectivity index (χ1) is 9.85. The van der Waals surface area contributed by atoms with E-state index in [2.05, 4.69) is 29.5 Å². The van der Waals surface area contributed by atoms with Crippen molar-refractivity contribution in [1.82, 2.24) is 10.6 Å². The molecule has 0 heterocycles. The first kappa shape index (κ1) is 24.2. The highest BCUT2D eigenvalue weighted by molar-refractivity contribution is 14.0. The van der Waals surface area contributed by atoms with Gasteiger partial charge in [0, 0.05) is 25.9 Å². The Kier molecular flexibility index (Phi) is 15.9. The van der Waals surface area contributed by atoms with Gasteiger partial charge < -0.3 is 15.4 Å². The van der Waals surface area contributed by atoms with Crippen LogP contribution in [0.3, 0.4) is 0 Å². The van der Waals surface area contributed by atoms with Gasteiger partial charge in [-0.15, -0.1) is 24.0 Å². The van der Waals surface area contributed by atoms with Gasteiger partial charge in [0.1, 0.15) is 9.84 Å². The maximum absolute atomic E-state index is 10.9. The topological polar surface area (TPSA) is 79.8 Å². The molecule has 0 aliphatic heterocycles. The summed E-state index contributed by atoms with van der Waals surface area (Å²) in [6.45, 7) is 9.37. The van der Waals surface area contributed by atoms with Crippen molar-refractivity contribution >= 4 is 39.8 Å². The Bertz CT molecular complexity index is 387. The van der Waals surface area contributed by atoms with E-state index in [0.717, 1.165) is 25.5 Å². The van der Waals surface area contributed by atoms with Gasteiger partial charge in [0.05, 0.1) is 19.0 Å². The molecule has 0 rings (SSSR count). The van der Waals surface area contributed by atoms with Crippen molar-refractivity contribution in [3.05, 3.63) is 0 Å². The van der Waals surface area contributed by atoms with Gasteiger partial charge in [0.2, 0.25) is 0 Å². The van der Waals surface area contributed by atoms with E-state index in [1.54, 1.807) is 0 Å². The lowest BCUT2D eigenvalue weighted by Gasteiger charge is -2.11. The SMILES string of the molecule is CCNC(=NCCCC(C)C)NCCOCCS(C)(=O)=O.I. The molecule has 0 aromatic carbocycles. The molecule has 0 bridgehead atoms. The van der Waals surface area contributed by atoms with Crippen molar-refractivity contribution in [2.24, 2.45) is 10.9 Å². The maximum Gasteiger partial charge on any atom is 0.191 e. The molecule has 0 saturated carbocycles. The molecule has 134 valence electrons. The third-order valence-electron chi connectivity index (χ3n) is 2.69. The van der Waals surface area contributed by atoms with E-state index in [1.807, 2.05) is 6.92 Å². The van der Waals surface area contributed by atoms with E-state index in [-0.39, 0.29) is 36.3 Å². The number of hydrogen-bond acceptors (Lipinski definition) is 4. The molecule has 2 N–H and O–H groups in total. The van der Waals surface area contributed by atoms with Crippen LogP contribution in [-0.2, 0) is 14.6 Å². The van der Waals surface area contributed by atoms with Crippen LogP contribution in [0.1, 0.15) is 33.6 Å². The predicted molar refractivity (Wildman–Crippen MR) is 104 cm³/mol. The zero-order valence-corrected chi connectivity index (χ0v) is 17.4. The molecule has 0 radical (unpaired) electrons. The maximum atomic E-state index is 10.9. The quantitative estimate of drug-likeness (QED) is 0.217. The van der Waals surface area contributed by atoms with Gasteiger partial charge in [-0.3, -0.25) is 4.99 Å². The van der Waals surface area contributed by atoms with E-state index in [1.165, 1.54) is 12.7 Å². The monoisotopic (exact) mass is 449 g/mol. The Hall–Kier alpha value is -0.0900. The van der Waals surface area contributed by atoms with Crippen molar-refractivity contribution in [2.45, 2.75) is 33.6 Å². The van der Waals surface area contributed by atoms with Crippen LogP contribution < -0.4 is 10.6 Å². The number of ether oxygens (including phenoxy) is 1. The molecule has 0 aromatic heterocycles. The number of nitrogens with zero attached hydrogens (tertiary/aromatic N) is 1. The minimum atomic E-state index is -2.94. The summed E-state index contributed by atoms with van der Waals surface area (Å²) in [6.07, 6.45) is 3.47. The fourth-order valence-corrected chi connectivity index (χ4v) is 2.01. The largest absolute Gasteiger partial charge is 0.379 e. The highest BCUT2D eigenvalue weighted by Gasteiger charge is 2.01. The number of sulfone groups is 1. The van der Waals surface area contributed by atoms with E-state index < -0.39 is 9.84 Å². The second-order valence-electron chi connectivity index (χ2n) is 5.47. The smallest absolute Gasteiger partial charge is 0.191 e. The molecule has 22 heavy (non-hydrogen) atoms. The van der Waals surface area contributed by atoms with Crippen LogP contribution in [0.15, 0.2) is 4.99 Å². The molecule has 6 nitrogen and oxygen atoms in total. The van der Waals surface area contributed by atoms with Crippen LogP contribution >= 0.6 is 24.0 Å². The fraction of sp³-hybridized carbons (Fsp3) is 0.929. The van der Waals surface area contributed by atoms with Gasteiger partial charge in [-0.2, -0.15) is 0 Å². The Labute approximate surface area is 152 Å². The van der Waals surface area contributed by atoms with Gasteiger partial charge in [-0.1, -0.05) is 13.8 Å². The van der Waals surface area contributed by atoms with Gasteiger partial charge in [-0.25, -0.2) is 8.42 Å². The number of hydrogen-bond donors (Lipinski definition) is 2. The van der Waals surface area contributed by atoms with Crippen molar-refractivity contribution in [2.75, 3.05) is 44.9 Å². The number of nitrogens with one attached hydrogen (secondary N) is 2. The standard InChI is InChI=1S/C14H31N3O3S.HI/c1-5-15-14(16-8-6-7-13(2)3)17-9-10-20-11-12-21(4,18)19;/h13H,5-12H2,1-4H3,(H2,15,16,17);1H. The first-order valence-corrected chi connectivity index (χ1v) is 9.69. The Morgan fingerprint density at radius 1 is 1.23 bits per heavy atom. The second kappa shape index (κ2) is 14.5. The van der Waals surface area contributed by atoms with Crippen molar-refractivity contribution < 1.29 is 13.2 Å². The van der Waals surface area contributed by atoms with E-state index in [0.29, 0.717) is 19.1 Å². The van der Waals surface area contributed by atoms with Crippen molar-refractivity contribution in [3.63, 3.8) is 0 Å². The summed E-state index contributed by atoms with van der Waals surface area (Å²) in [5.41, 5.74) is 0. The number of guanidine groups is 1. The van der Waals surface area contributed by atoms with E-state index in [4.69, 9.17) is 4.74 Å². The van der Waals surface area contributed by atoms with Crippen LogP contribution in [-0.4, -0.2) is 59.2 Å². The molecular formula is C14H32IN3O3S. The highest BCUT2D eigenvalue weighted by atomic mass is 127. The average molecular weight is 449 g/mol. The Morgan fingerprint density at radius 2 is 1.91 bits per heavy atom. The predicted octanol–water partition coefficient (Wildman–Crippen LogP) is 1.66. The third-order valence-corrected chi connectivity index (χ3v) is 3.60. The number of halogens is 1. The van der Waals surface area contributed by atoms with Crippen molar-refractivity contribution in [1.29, 1.82) is 0 Å². The summed E-state index contributed by atoms with van der Waals surface area (Å²) in [5, 5.41) is 6.34. The summed E-state index contributed by atoms with van der Waals surface area (Å²) >= 11 is 0. The number of aliphatic imine (C=N–C) groups is 1. The second-order valence-corrected chi connectivity index (χ2v) is 7.73. The van der Waals surface area contributed by atoms with Gasteiger partial charge in [0.15, 0.2) is 5.96 Å². The summed E-state index contributed by atoms with van der Waals surface area (Å²) in [7, 11) is -2.94. The zero-order valence-electron chi connectivity index (χ0n) is 14.2. The van der Waals surface area contributed by atoms with Crippen LogP contribution in [0.4, 0.5) is 0 Å². The summed E-state index contributed by atoms with van der Waals surface area (Å²) in [6, 6.07) is 0. The minimum absolute atomic E-state index is 0. The normalized spacial score (nSPS) is 12.1. The summed E-state index contributed by atoms with van der Waals surface area (Å²) < 4.78 is 27.1. The van der Waals surface area contributed by atoms with Crippen LogP contribution in [0.25, 0.3) is 0 Å². The van der Waals surface area contributed by atoms with Gasteiger partial charge >= 0.3 is 0 Å². The molecule has 0 saturated heterocycles. The summed E-state index contributed by atoms with van der Waals surface area (Å²) in [4.78, 5) is 4.49. The fourth-order valence-electron chi connectivity index (χ4n) is 1.59. The molecule has 0 fully saturated rings. The van der Waals surface area contributed by atoms with Crippen molar-refractivity contribution in [3.8, 4) is 0 Å².